The quantitative estimate of drug-likeness (QED) is 0.231. The number of primary sulfonamides is 1. The van der Waals surface area contributed by atoms with Gasteiger partial charge in [0.25, 0.3) is 0 Å². The molecular weight excluding hydrogens is 682 g/mol. The molecule has 0 unspecified atom stereocenters. The van der Waals surface area contributed by atoms with Crippen LogP contribution in [0.5, 0.6) is 0 Å². The summed E-state index contributed by atoms with van der Waals surface area (Å²) in [7, 11) is -3.97. The molecule has 0 aliphatic carbocycles. The van der Waals surface area contributed by atoms with Gasteiger partial charge in [0.2, 0.25) is 15.9 Å². The molecule has 217 valence electrons. The van der Waals surface area contributed by atoms with Crippen LogP contribution in [0.25, 0.3) is 0 Å². The predicted octanol–water partition coefficient (Wildman–Crippen LogP) is -6.26. The first-order valence-electron chi connectivity index (χ1n) is 11.7. The number of carbonyl (C=O) groups is 4. The zero-order chi connectivity index (χ0) is 28.3. The zero-order valence-electron chi connectivity index (χ0n) is 21.1. The molecule has 0 atom stereocenters. The Labute approximate surface area is 258 Å². The second kappa shape index (κ2) is 17.1. The van der Waals surface area contributed by atoms with Gasteiger partial charge in [-0.3, -0.25) is 24.4 Å². The van der Waals surface area contributed by atoms with Crippen molar-refractivity contribution in [1.29, 1.82) is 0 Å². The molecule has 1 aromatic carbocycles. The molecule has 1 radical (unpaired) electrons. The van der Waals surface area contributed by atoms with E-state index in [4.69, 9.17) is 5.14 Å². The van der Waals surface area contributed by atoms with Crippen molar-refractivity contribution in [2.24, 2.45) is 5.14 Å². The van der Waals surface area contributed by atoms with E-state index in [1.165, 1.54) is 29.2 Å². The minimum Gasteiger partial charge on any atom is -0.549 e. The third-order valence-electron chi connectivity index (χ3n) is 5.80. The van der Waals surface area contributed by atoms with Crippen LogP contribution in [0, 0.1) is 39.9 Å². The van der Waals surface area contributed by atoms with Crippen molar-refractivity contribution in [3.8, 4) is 0 Å². The van der Waals surface area contributed by atoms with Gasteiger partial charge in [-0.15, -0.1) is 0 Å². The summed E-state index contributed by atoms with van der Waals surface area (Å²) in [6.07, 6.45) is 0. The molecule has 17 heteroatoms. The summed E-state index contributed by atoms with van der Waals surface area (Å²) in [6.45, 7) is 0.185. The number of anilines is 1. The first kappa shape index (κ1) is 35.2. The van der Waals surface area contributed by atoms with E-state index < -0.39 is 53.5 Å². The molecule has 1 fully saturated rings. The molecular formula is C22H31GdN6O9S. The Kier molecular flexibility index (Phi) is 15.4. The fraction of sp³-hybridized carbons (Fsp3) is 0.545. The molecule has 1 amide bonds. The van der Waals surface area contributed by atoms with Crippen molar-refractivity contribution in [2.75, 3.05) is 83.9 Å². The van der Waals surface area contributed by atoms with Gasteiger partial charge in [0.15, 0.2) is 0 Å². The number of sulfonamides is 1. The van der Waals surface area contributed by atoms with Gasteiger partial charge in [-0.05, 0) is 18.2 Å². The number of benzene rings is 1. The standard InChI is InChI=1S/C22H34N6O9S.Gd/c23-38(36,37)18-3-1-2-17(12-18)24-19(29)13-25-4-6-26(14-20(30)31)8-10-28(16-22(34)35)11-9-27(7-5-25)15-21(32)33;/h1-3,12H,4-11,13-16H2,(H,24,29)(H,30,31)(H,32,33)(H,34,35)(H2,23,36,37);/q;+3/p-3. The van der Waals surface area contributed by atoms with Crippen LogP contribution in [0.2, 0.25) is 0 Å². The van der Waals surface area contributed by atoms with Gasteiger partial charge in [0.05, 0.1) is 29.3 Å². The second-order valence-electron chi connectivity index (χ2n) is 8.84. The topological polar surface area (TPSA) is 223 Å². The fourth-order valence-corrected chi connectivity index (χ4v) is 4.47. The summed E-state index contributed by atoms with van der Waals surface area (Å²) < 4.78 is 23.2. The maximum atomic E-state index is 12.7. The second-order valence-corrected chi connectivity index (χ2v) is 10.4. The molecule has 1 heterocycles. The normalized spacial score (nSPS) is 17.3. The summed E-state index contributed by atoms with van der Waals surface area (Å²) in [5.74, 6) is -4.44. The molecule has 2 rings (SSSR count). The number of carboxylic acid groups (broad SMARTS) is 3. The van der Waals surface area contributed by atoms with Crippen molar-refractivity contribution in [2.45, 2.75) is 4.90 Å². The summed E-state index contributed by atoms with van der Waals surface area (Å²) in [5.41, 5.74) is 0.209. The molecule has 1 aromatic rings. The molecule has 0 aromatic heterocycles. The Morgan fingerprint density at radius 1 is 0.718 bits per heavy atom. The number of nitrogens with two attached hydrogens (primary N) is 1. The van der Waals surface area contributed by atoms with Crippen LogP contribution in [-0.2, 0) is 29.2 Å². The number of nitrogens with one attached hydrogen (secondary N) is 1. The fourth-order valence-electron chi connectivity index (χ4n) is 3.91. The van der Waals surface area contributed by atoms with Gasteiger partial charge >= 0.3 is 39.9 Å². The Hall–Kier alpha value is -1.83. The van der Waals surface area contributed by atoms with Gasteiger partial charge in [0, 0.05) is 77.7 Å². The minimum absolute atomic E-state index is 0. The number of amides is 1. The van der Waals surface area contributed by atoms with Gasteiger partial charge in [-0.2, -0.15) is 0 Å². The zero-order valence-corrected chi connectivity index (χ0v) is 24.2. The van der Waals surface area contributed by atoms with E-state index in [1.807, 2.05) is 0 Å². The molecule has 15 nitrogen and oxygen atoms in total. The van der Waals surface area contributed by atoms with E-state index >= 15 is 0 Å². The van der Waals surface area contributed by atoms with E-state index in [0.717, 1.165) is 0 Å². The summed E-state index contributed by atoms with van der Waals surface area (Å²) in [6, 6.07) is 5.41. The Balaban J connectivity index is 0.00000760. The number of rotatable bonds is 10. The van der Waals surface area contributed by atoms with E-state index in [-0.39, 0.29) is 109 Å². The van der Waals surface area contributed by atoms with Crippen LogP contribution in [0.4, 0.5) is 5.69 Å². The smallest absolute Gasteiger partial charge is 0.549 e. The largest absolute Gasteiger partial charge is 3.00 e. The van der Waals surface area contributed by atoms with Crippen LogP contribution in [0.3, 0.4) is 0 Å². The minimum atomic E-state index is -3.97. The van der Waals surface area contributed by atoms with E-state index in [2.05, 4.69) is 5.32 Å². The molecule has 3 N–H and O–H groups in total. The summed E-state index contributed by atoms with van der Waals surface area (Å²) in [4.78, 5) is 52.5. The number of carbonyl (C=O) groups excluding carboxylic acids is 4. The molecule has 1 saturated heterocycles. The third-order valence-corrected chi connectivity index (χ3v) is 6.71. The van der Waals surface area contributed by atoms with Crippen LogP contribution < -0.4 is 25.8 Å². The Morgan fingerprint density at radius 3 is 1.41 bits per heavy atom. The number of carboxylic acids is 3. The predicted molar refractivity (Wildman–Crippen MR) is 127 cm³/mol. The van der Waals surface area contributed by atoms with Gasteiger partial charge < -0.3 is 35.0 Å². The molecule has 0 spiro atoms. The van der Waals surface area contributed by atoms with Crippen LogP contribution in [-0.4, -0.2) is 130 Å². The Morgan fingerprint density at radius 2 is 1.08 bits per heavy atom. The first-order chi connectivity index (χ1) is 17.8. The van der Waals surface area contributed by atoms with Gasteiger partial charge in [0.1, 0.15) is 0 Å². The van der Waals surface area contributed by atoms with Crippen LogP contribution >= 0.6 is 0 Å². The van der Waals surface area contributed by atoms with Gasteiger partial charge in [-0.1, -0.05) is 6.07 Å². The summed E-state index contributed by atoms with van der Waals surface area (Å²) >= 11 is 0. The monoisotopic (exact) mass is 713 g/mol. The van der Waals surface area contributed by atoms with Crippen molar-refractivity contribution in [3.05, 3.63) is 24.3 Å². The maximum Gasteiger partial charge on any atom is 3.00 e. The molecule has 1 aliphatic rings. The average Bonchev–Trinajstić information content (AvgIpc) is 2.79. The van der Waals surface area contributed by atoms with E-state index in [9.17, 15) is 42.9 Å². The maximum absolute atomic E-state index is 12.7. The van der Waals surface area contributed by atoms with Crippen LogP contribution in [0.1, 0.15) is 0 Å². The molecule has 0 bridgehead atoms. The van der Waals surface area contributed by atoms with Crippen molar-refractivity contribution in [3.63, 3.8) is 0 Å². The SMILES string of the molecule is NS(=O)(=O)c1cccc(NC(=O)CN2CCN(CC(=O)[O-])CCN(CC(=O)[O-])CCN(CC(=O)[O-])CC2)c1.[Gd+3]. The molecule has 39 heavy (non-hydrogen) atoms. The Bertz CT molecular complexity index is 1080. The van der Waals surface area contributed by atoms with Crippen LogP contribution in [0.15, 0.2) is 29.2 Å². The number of nitrogens with zero attached hydrogens (tertiary/aromatic N) is 4. The molecule has 0 saturated carbocycles. The number of aliphatic carboxylic acids is 3. The van der Waals surface area contributed by atoms with E-state index in [0.29, 0.717) is 0 Å². The van der Waals surface area contributed by atoms with E-state index in [1.54, 1.807) is 14.7 Å². The molecule has 1 aliphatic heterocycles. The van der Waals surface area contributed by atoms with Crippen molar-refractivity contribution >= 4 is 39.5 Å². The third kappa shape index (κ3) is 14.4. The number of hydrogen-bond donors (Lipinski definition) is 2. The van der Waals surface area contributed by atoms with Crippen molar-refractivity contribution in [1.82, 2.24) is 19.6 Å². The number of hydrogen-bond acceptors (Lipinski definition) is 13. The average molecular weight is 713 g/mol. The first-order valence-corrected chi connectivity index (χ1v) is 13.3. The van der Waals surface area contributed by atoms with Crippen molar-refractivity contribution < 1.29 is 82.9 Å². The summed E-state index contributed by atoms with van der Waals surface area (Å²) in [5, 5.41) is 41.3. The van der Waals surface area contributed by atoms with Gasteiger partial charge in [-0.25, -0.2) is 13.6 Å².